The lowest BCUT2D eigenvalue weighted by Gasteiger charge is -2.32. The number of carbonyl (C=O) groups excluding carboxylic acids is 1. The van der Waals surface area contributed by atoms with Crippen LogP contribution in [0.2, 0.25) is 0 Å². The summed E-state index contributed by atoms with van der Waals surface area (Å²) in [6.45, 7) is 5.80. The zero-order chi connectivity index (χ0) is 19.0. The van der Waals surface area contributed by atoms with Crippen molar-refractivity contribution in [3.8, 4) is 0 Å². The largest absolute Gasteiger partial charge is 0.453 e. The predicted molar refractivity (Wildman–Crippen MR) is 101 cm³/mol. The van der Waals surface area contributed by atoms with Crippen molar-refractivity contribution in [2.75, 3.05) is 26.8 Å². The molecule has 27 heavy (non-hydrogen) atoms. The van der Waals surface area contributed by atoms with Gasteiger partial charge in [-0.1, -0.05) is 19.8 Å². The zero-order valence-corrected chi connectivity index (χ0v) is 16.4. The molecule has 3 heterocycles. The van der Waals surface area contributed by atoms with Gasteiger partial charge in [0.25, 0.3) is 0 Å². The Balaban J connectivity index is 1.65. The van der Waals surface area contributed by atoms with Gasteiger partial charge >= 0.3 is 6.09 Å². The van der Waals surface area contributed by atoms with Gasteiger partial charge in [-0.3, -0.25) is 0 Å². The highest BCUT2D eigenvalue weighted by molar-refractivity contribution is 5.67. The molecule has 1 saturated heterocycles. The zero-order valence-electron chi connectivity index (χ0n) is 16.4. The van der Waals surface area contributed by atoms with E-state index in [4.69, 9.17) is 14.6 Å². The van der Waals surface area contributed by atoms with Gasteiger partial charge in [0, 0.05) is 24.2 Å². The molecular weight excluding hydrogens is 344 g/mol. The number of nitrogens with zero attached hydrogens (tertiary/aromatic N) is 4. The molecule has 2 aromatic rings. The molecule has 4 rings (SSSR count). The highest BCUT2D eigenvalue weighted by Crippen LogP contribution is 2.35. The lowest BCUT2D eigenvalue weighted by atomic mass is 9.81. The highest BCUT2D eigenvalue weighted by atomic mass is 16.5. The molecule has 2 aromatic heterocycles. The van der Waals surface area contributed by atoms with Crippen molar-refractivity contribution in [1.29, 1.82) is 0 Å². The molecule has 1 atom stereocenters. The fraction of sp³-hybridized carbons (Fsp3) is 0.650. The number of aryl methyl sites for hydroxylation is 1. The van der Waals surface area contributed by atoms with Gasteiger partial charge in [0.1, 0.15) is 6.10 Å². The van der Waals surface area contributed by atoms with E-state index in [-0.39, 0.29) is 12.2 Å². The second-order valence-electron chi connectivity index (χ2n) is 7.89. The predicted octanol–water partition coefficient (Wildman–Crippen LogP) is 3.47. The highest BCUT2D eigenvalue weighted by Gasteiger charge is 2.29. The van der Waals surface area contributed by atoms with E-state index in [9.17, 15) is 4.79 Å². The van der Waals surface area contributed by atoms with Crippen LogP contribution in [0.25, 0.3) is 5.65 Å². The molecule has 0 aromatic carbocycles. The van der Waals surface area contributed by atoms with Gasteiger partial charge in [0.15, 0.2) is 5.65 Å². The summed E-state index contributed by atoms with van der Waals surface area (Å²) in [6, 6.07) is 4.14. The number of rotatable bonds is 2. The van der Waals surface area contributed by atoms with Crippen LogP contribution in [-0.2, 0) is 9.47 Å². The van der Waals surface area contributed by atoms with E-state index in [1.807, 2.05) is 17.5 Å². The first-order chi connectivity index (χ1) is 13.0. The molecule has 1 aliphatic carbocycles. The first-order valence-electron chi connectivity index (χ1n) is 9.87. The van der Waals surface area contributed by atoms with Gasteiger partial charge in [0.05, 0.1) is 31.6 Å². The number of fused-ring (bicyclic) bond motifs is 1. The molecule has 146 valence electrons. The molecule has 1 unspecified atom stereocenters. The molecule has 0 N–H and O–H groups in total. The third-order valence-electron chi connectivity index (χ3n) is 5.86. The summed E-state index contributed by atoms with van der Waals surface area (Å²) in [7, 11) is 1.41. The molecule has 7 nitrogen and oxygen atoms in total. The summed E-state index contributed by atoms with van der Waals surface area (Å²) in [5.74, 6) is 1.32. The minimum absolute atomic E-state index is 0.235. The Bertz CT molecular complexity index is 826. The van der Waals surface area contributed by atoms with Crippen molar-refractivity contribution < 1.29 is 14.3 Å². The van der Waals surface area contributed by atoms with Crippen LogP contribution >= 0.6 is 0 Å². The van der Waals surface area contributed by atoms with Crippen LogP contribution in [0.1, 0.15) is 61.7 Å². The average molecular weight is 372 g/mol. The first-order valence-corrected chi connectivity index (χ1v) is 9.87. The molecule has 7 heteroatoms. The Morgan fingerprint density at radius 2 is 2.04 bits per heavy atom. The van der Waals surface area contributed by atoms with Gasteiger partial charge in [-0.05, 0) is 31.7 Å². The van der Waals surface area contributed by atoms with E-state index in [0.717, 1.165) is 28.6 Å². The van der Waals surface area contributed by atoms with Gasteiger partial charge < -0.3 is 14.4 Å². The fourth-order valence-corrected chi connectivity index (χ4v) is 4.25. The molecule has 2 aliphatic rings. The van der Waals surface area contributed by atoms with Gasteiger partial charge in [-0.25, -0.2) is 14.3 Å². The Morgan fingerprint density at radius 3 is 2.78 bits per heavy atom. The Hall–Kier alpha value is -2.15. The minimum Gasteiger partial charge on any atom is -0.453 e. The number of aromatic nitrogens is 3. The molecule has 1 amide bonds. The SMILES string of the molecule is COC(=O)N1CCOC(c2cc(C)nc3cc([C@H]4CC[C@H](C)CC4)nn23)C1. The molecule has 0 bridgehead atoms. The Kier molecular flexibility index (Phi) is 5.04. The van der Waals surface area contributed by atoms with E-state index in [2.05, 4.69) is 18.0 Å². The molecule has 0 spiro atoms. The molecule has 2 fully saturated rings. The van der Waals surface area contributed by atoms with Gasteiger partial charge in [0.2, 0.25) is 0 Å². The van der Waals surface area contributed by atoms with Crippen LogP contribution in [0, 0.1) is 12.8 Å². The van der Waals surface area contributed by atoms with Crippen molar-refractivity contribution in [2.24, 2.45) is 5.92 Å². The third-order valence-corrected chi connectivity index (χ3v) is 5.86. The number of ether oxygens (including phenoxy) is 2. The van der Waals surface area contributed by atoms with E-state index in [1.54, 1.807) is 4.90 Å². The monoisotopic (exact) mass is 372 g/mol. The average Bonchev–Trinajstić information content (AvgIpc) is 3.11. The summed E-state index contributed by atoms with van der Waals surface area (Å²) in [5.41, 5.74) is 3.86. The van der Waals surface area contributed by atoms with Crippen molar-refractivity contribution >= 4 is 11.7 Å². The minimum atomic E-state index is -0.317. The Labute approximate surface area is 159 Å². The maximum Gasteiger partial charge on any atom is 0.409 e. The number of morpholine rings is 1. The maximum absolute atomic E-state index is 11.9. The lowest BCUT2D eigenvalue weighted by molar-refractivity contribution is -0.0287. The molecule has 1 saturated carbocycles. The van der Waals surface area contributed by atoms with Crippen LogP contribution in [0.15, 0.2) is 12.1 Å². The quantitative estimate of drug-likeness (QED) is 0.807. The van der Waals surface area contributed by atoms with Crippen LogP contribution in [0.3, 0.4) is 0 Å². The normalized spacial score (nSPS) is 26.3. The number of methoxy groups -OCH3 is 1. The summed E-state index contributed by atoms with van der Waals surface area (Å²) in [5, 5.41) is 4.91. The van der Waals surface area contributed by atoms with Crippen LogP contribution in [-0.4, -0.2) is 52.4 Å². The van der Waals surface area contributed by atoms with Crippen molar-refractivity contribution in [1.82, 2.24) is 19.5 Å². The summed E-state index contributed by atoms with van der Waals surface area (Å²) in [6.07, 6.45) is 4.35. The topological polar surface area (TPSA) is 69.0 Å². The smallest absolute Gasteiger partial charge is 0.409 e. The van der Waals surface area contributed by atoms with E-state index >= 15 is 0 Å². The molecular formula is C20H28N4O3. The van der Waals surface area contributed by atoms with E-state index < -0.39 is 0 Å². The van der Waals surface area contributed by atoms with Crippen molar-refractivity contribution in [2.45, 2.75) is 51.6 Å². The second-order valence-corrected chi connectivity index (χ2v) is 7.89. The van der Waals surface area contributed by atoms with E-state index in [0.29, 0.717) is 25.6 Å². The Morgan fingerprint density at radius 1 is 1.26 bits per heavy atom. The summed E-state index contributed by atoms with van der Waals surface area (Å²) in [4.78, 5) is 18.3. The maximum atomic E-state index is 11.9. The standard InChI is InChI=1S/C20H28N4O3/c1-13-4-6-15(7-5-13)16-11-19-21-14(2)10-17(24(19)22-16)18-12-23(8-9-27-18)20(25)26-3/h10-11,13,15,18H,4-9,12H2,1-3H3/t13-,15-,18?. The van der Waals surface area contributed by atoms with Gasteiger partial charge in [-0.2, -0.15) is 5.10 Å². The van der Waals surface area contributed by atoms with Crippen LogP contribution in [0.4, 0.5) is 4.79 Å². The van der Waals surface area contributed by atoms with Crippen molar-refractivity contribution in [3.63, 3.8) is 0 Å². The van der Waals surface area contributed by atoms with Crippen molar-refractivity contribution in [3.05, 3.63) is 29.2 Å². The molecule has 1 aliphatic heterocycles. The van der Waals surface area contributed by atoms with Gasteiger partial charge in [-0.15, -0.1) is 0 Å². The van der Waals surface area contributed by atoms with E-state index in [1.165, 1.54) is 32.8 Å². The number of carbonyl (C=O) groups is 1. The number of amides is 1. The third kappa shape index (κ3) is 3.65. The molecule has 0 radical (unpaired) electrons. The first kappa shape index (κ1) is 18.2. The number of hydrogen-bond acceptors (Lipinski definition) is 5. The van der Waals surface area contributed by atoms with Crippen LogP contribution < -0.4 is 0 Å². The lowest BCUT2D eigenvalue weighted by Crippen LogP contribution is -2.42. The second kappa shape index (κ2) is 7.46. The summed E-state index contributed by atoms with van der Waals surface area (Å²) >= 11 is 0. The fourth-order valence-electron chi connectivity index (χ4n) is 4.25. The summed E-state index contributed by atoms with van der Waals surface area (Å²) < 4.78 is 12.8. The number of hydrogen-bond donors (Lipinski definition) is 0. The van der Waals surface area contributed by atoms with Crippen LogP contribution in [0.5, 0.6) is 0 Å².